The van der Waals surface area contributed by atoms with Crippen LogP contribution >= 0.6 is 0 Å². The van der Waals surface area contributed by atoms with Gasteiger partial charge >= 0.3 is 0 Å². The fourth-order valence-electron chi connectivity index (χ4n) is 3.09. The topological polar surface area (TPSA) is 24.5 Å². The number of ether oxygens (including phenoxy) is 1. The summed E-state index contributed by atoms with van der Waals surface area (Å²) in [5, 5.41) is 3.67. The van der Waals surface area contributed by atoms with E-state index in [-0.39, 0.29) is 0 Å². The van der Waals surface area contributed by atoms with Gasteiger partial charge in [-0.2, -0.15) is 0 Å². The van der Waals surface area contributed by atoms with Crippen molar-refractivity contribution in [2.45, 2.75) is 57.7 Å². The van der Waals surface area contributed by atoms with E-state index >= 15 is 0 Å². The zero-order valence-corrected chi connectivity index (χ0v) is 10.7. The first-order valence-corrected chi connectivity index (χ1v) is 6.88. The Morgan fingerprint density at radius 1 is 1.38 bits per heavy atom. The summed E-state index contributed by atoms with van der Waals surface area (Å²) < 4.78 is 5.55. The van der Waals surface area contributed by atoms with Crippen LogP contribution in [0.5, 0.6) is 0 Å². The lowest BCUT2D eigenvalue weighted by Gasteiger charge is -2.35. The third-order valence-electron chi connectivity index (χ3n) is 3.97. The summed E-state index contributed by atoms with van der Waals surface area (Å²) in [7, 11) is 0. The first-order valence-electron chi connectivity index (χ1n) is 6.88. The Kier molecular flexibility index (Phi) is 4.62. The highest BCUT2D eigenvalue weighted by molar-refractivity contribution is 4.89. The number of nitrogens with zero attached hydrogens (tertiary/aromatic N) is 1. The Morgan fingerprint density at radius 2 is 2.25 bits per heavy atom. The fraction of sp³-hybridized carbons (Fsp3) is 1.00. The zero-order chi connectivity index (χ0) is 11.4. The first-order chi connectivity index (χ1) is 7.79. The number of rotatable bonds is 5. The predicted octanol–water partition coefficient (Wildman–Crippen LogP) is 1.63. The molecule has 0 aliphatic carbocycles. The van der Waals surface area contributed by atoms with Gasteiger partial charge in [0.1, 0.15) is 0 Å². The van der Waals surface area contributed by atoms with Crippen molar-refractivity contribution in [1.82, 2.24) is 10.2 Å². The molecule has 2 fully saturated rings. The predicted molar refractivity (Wildman–Crippen MR) is 66.7 cm³/mol. The van der Waals surface area contributed by atoms with Gasteiger partial charge in [0.05, 0.1) is 6.10 Å². The zero-order valence-electron chi connectivity index (χ0n) is 10.7. The average Bonchev–Trinajstić information content (AvgIpc) is 2.74. The van der Waals surface area contributed by atoms with Gasteiger partial charge in [0, 0.05) is 25.2 Å². The normalized spacial score (nSPS) is 32.6. The van der Waals surface area contributed by atoms with Crippen molar-refractivity contribution >= 4 is 0 Å². The van der Waals surface area contributed by atoms with Crippen LogP contribution in [0, 0.1) is 0 Å². The maximum Gasteiger partial charge on any atom is 0.0671 e. The molecule has 0 spiro atoms. The maximum absolute atomic E-state index is 5.55. The second-order valence-corrected chi connectivity index (χ2v) is 5.23. The van der Waals surface area contributed by atoms with E-state index in [0.29, 0.717) is 6.10 Å². The van der Waals surface area contributed by atoms with Gasteiger partial charge in [0.15, 0.2) is 0 Å². The van der Waals surface area contributed by atoms with Crippen LogP contribution in [-0.4, -0.2) is 49.3 Å². The van der Waals surface area contributed by atoms with E-state index in [4.69, 9.17) is 4.74 Å². The Hall–Kier alpha value is -0.120. The lowest BCUT2D eigenvalue weighted by atomic mass is 9.97. The summed E-state index contributed by atoms with van der Waals surface area (Å²) >= 11 is 0. The molecule has 2 rings (SSSR count). The van der Waals surface area contributed by atoms with Crippen LogP contribution in [0.15, 0.2) is 0 Å². The molecule has 16 heavy (non-hydrogen) atoms. The van der Waals surface area contributed by atoms with Gasteiger partial charge < -0.3 is 15.0 Å². The van der Waals surface area contributed by atoms with Crippen LogP contribution in [0.2, 0.25) is 0 Å². The van der Waals surface area contributed by atoms with Crippen molar-refractivity contribution in [2.24, 2.45) is 0 Å². The molecule has 2 heterocycles. The van der Waals surface area contributed by atoms with E-state index in [2.05, 4.69) is 24.1 Å². The Morgan fingerprint density at radius 3 is 3.06 bits per heavy atom. The molecule has 2 aliphatic rings. The molecule has 2 saturated heterocycles. The number of hydrogen-bond acceptors (Lipinski definition) is 3. The molecule has 0 saturated carbocycles. The molecule has 3 unspecified atom stereocenters. The highest BCUT2D eigenvalue weighted by atomic mass is 16.5. The largest absolute Gasteiger partial charge is 0.377 e. The van der Waals surface area contributed by atoms with Crippen LogP contribution in [0.3, 0.4) is 0 Å². The lowest BCUT2D eigenvalue weighted by molar-refractivity contribution is 0.0692. The molecule has 3 atom stereocenters. The Labute approximate surface area is 99.5 Å². The minimum Gasteiger partial charge on any atom is -0.377 e. The number of piperidine rings is 1. The van der Waals surface area contributed by atoms with Gasteiger partial charge in [0.25, 0.3) is 0 Å². The molecule has 2 aliphatic heterocycles. The highest BCUT2D eigenvalue weighted by Crippen LogP contribution is 2.26. The van der Waals surface area contributed by atoms with E-state index in [0.717, 1.165) is 25.2 Å². The van der Waals surface area contributed by atoms with Crippen LogP contribution < -0.4 is 5.32 Å². The summed E-state index contributed by atoms with van der Waals surface area (Å²) in [6.45, 7) is 8.68. The van der Waals surface area contributed by atoms with E-state index in [1.807, 2.05) is 0 Å². The average molecular weight is 226 g/mol. The third-order valence-corrected chi connectivity index (χ3v) is 3.97. The molecule has 0 radical (unpaired) electrons. The van der Waals surface area contributed by atoms with Crippen LogP contribution in [0.1, 0.15) is 39.5 Å². The minimum atomic E-state index is 0.353. The molecule has 0 aromatic heterocycles. The summed E-state index contributed by atoms with van der Waals surface area (Å²) in [4.78, 5) is 2.67. The van der Waals surface area contributed by atoms with E-state index in [1.54, 1.807) is 0 Å². The minimum absolute atomic E-state index is 0.353. The third kappa shape index (κ3) is 3.19. The number of hydrogen-bond donors (Lipinski definition) is 1. The van der Waals surface area contributed by atoms with Crippen molar-refractivity contribution in [3.05, 3.63) is 0 Å². The smallest absolute Gasteiger partial charge is 0.0671 e. The second kappa shape index (κ2) is 5.99. The molecular formula is C13H26N2O. The van der Waals surface area contributed by atoms with Gasteiger partial charge in [-0.3, -0.25) is 0 Å². The Balaban J connectivity index is 1.67. The number of nitrogens with one attached hydrogen (secondary N) is 1. The molecular weight excluding hydrogens is 200 g/mol. The SMILES string of the molecule is CCOC(C)CNC1CCN2CCCC2C1. The van der Waals surface area contributed by atoms with Crippen molar-refractivity contribution in [3.63, 3.8) is 0 Å². The van der Waals surface area contributed by atoms with E-state index in [9.17, 15) is 0 Å². The first kappa shape index (κ1) is 12.3. The molecule has 0 aromatic rings. The molecule has 3 nitrogen and oxygen atoms in total. The van der Waals surface area contributed by atoms with Crippen LogP contribution in [0.4, 0.5) is 0 Å². The maximum atomic E-state index is 5.55. The standard InChI is InChI=1S/C13H26N2O/c1-3-16-11(2)10-14-12-6-8-15-7-4-5-13(15)9-12/h11-14H,3-10H2,1-2H3. The van der Waals surface area contributed by atoms with Crippen molar-refractivity contribution < 1.29 is 4.74 Å². The highest BCUT2D eigenvalue weighted by Gasteiger charge is 2.31. The molecule has 94 valence electrons. The molecule has 0 amide bonds. The van der Waals surface area contributed by atoms with Crippen molar-refractivity contribution in [2.75, 3.05) is 26.2 Å². The number of fused-ring (bicyclic) bond motifs is 1. The van der Waals surface area contributed by atoms with Crippen molar-refractivity contribution in [1.29, 1.82) is 0 Å². The summed E-state index contributed by atoms with van der Waals surface area (Å²) in [5.41, 5.74) is 0. The summed E-state index contributed by atoms with van der Waals surface area (Å²) in [5.74, 6) is 0. The monoisotopic (exact) mass is 226 g/mol. The quantitative estimate of drug-likeness (QED) is 0.771. The van der Waals surface area contributed by atoms with Gasteiger partial charge in [-0.15, -0.1) is 0 Å². The van der Waals surface area contributed by atoms with Gasteiger partial charge in [-0.1, -0.05) is 0 Å². The second-order valence-electron chi connectivity index (χ2n) is 5.23. The van der Waals surface area contributed by atoms with Gasteiger partial charge in [-0.25, -0.2) is 0 Å². The van der Waals surface area contributed by atoms with Gasteiger partial charge in [0.2, 0.25) is 0 Å². The summed E-state index contributed by atoms with van der Waals surface area (Å²) in [6.07, 6.45) is 5.84. The molecule has 3 heteroatoms. The molecule has 1 N–H and O–H groups in total. The molecule has 0 bridgehead atoms. The van der Waals surface area contributed by atoms with Crippen LogP contribution in [0.25, 0.3) is 0 Å². The van der Waals surface area contributed by atoms with E-state index < -0.39 is 0 Å². The molecule has 0 aromatic carbocycles. The Bertz CT molecular complexity index is 210. The fourth-order valence-corrected chi connectivity index (χ4v) is 3.09. The lowest BCUT2D eigenvalue weighted by Crippen LogP contribution is -2.47. The van der Waals surface area contributed by atoms with Crippen molar-refractivity contribution in [3.8, 4) is 0 Å². The van der Waals surface area contributed by atoms with Crippen LogP contribution in [-0.2, 0) is 4.74 Å². The summed E-state index contributed by atoms with van der Waals surface area (Å²) in [6, 6.07) is 1.59. The van der Waals surface area contributed by atoms with E-state index in [1.165, 1.54) is 38.8 Å². The van der Waals surface area contributed by atoms with Gasteiger partial charge in [-0.05, 0) is 52.6 Å².